The van der Waals surface area contributed by atoms with Crippen LogP contribution in [0.3, 0.4) is 0 Å². The van der Waals surface area contributed by atoms with Crippen molar-refractivity contribution in [2.24, 2.45) is 0 Å². The van der Waals surface area contributed by atoms with E-state index in [-0.39, 0.29) is 30.7 Å². The Morgan fingerprint density at radius 2 is 1.93 bits per heavy atom. The van der Waals surface area contributed by atoms with Gasteiger partial charge in [-0.3, -0.25) is 9.59 Å². The number of rotatable bonds is 6. The van der Waals surface area contributed by atoms with Crippen LogP contribution < -0.4 is 20.1 Å². The zero-order valence-corrected chi connectivity index (χ0v) is 17.1. The van der Waals surface area contributed by atoms with Crippen molar-refractivity contribution in [1.82, 2.24) is 9.62 Å². The zero-order chi connectivity index (χ0) is 21.3. The van der Waals surface area contributed by atoms with Crippen LogP contribution in [0.4, 0.5) is 5.69 Å². The smallest absolute Gasteiger partial charge is 0.243 e. The summed E-state index contributed by atoms with van der Waals surface area (Å²) in [6, 6.07) is 9.90. The van der Waals surface area contributed by atoms with Crippen LogP contribution in [0.15, 0.2) is 41.3 Å². The Morgan fingerprint density at radius 3 is 2.77 bits per heavy atom. The lowest BCUT2D eigenvalue weighted by molar-refractivity contribution is -0.121. The third kappa shape index (κ3) is 4.10. The number of hydrogen-bond acceptors (Lipinski definition) is 6. The number of likely N-dealkylation sites (N-methyl/N-ethyl adjacent to an activating group) is 1. The summed E-state index contributed by atoms with van der Waals surface area (Å²) in [7, 11) is -2.49. The first kappa shape index (κ1) is 20.2. The minimum atomic E-state index is -3.85. The topological polar surface area (TPSA) is 114 Å². The molecule has 2 aliphatic heterocycles. The van der Waals surface area contributed by atoms with Crippen LogP contribution in [-0.4, -0.2) is 44.9 Å². The quantitative estimate of drug-likeness (QED) is 0.711. The molecule has 0 saturated carbocycles. The van der Waals surface area contributed by atoms with Crippen LogP contribution in [0.1, 0.15) is 17.5 Å². The summed E-state index contributed by atoms with van der Waals surface area (Å²) in [5.74, 6) is 0.754. The van der Waals surface area contributed by atoms with E-state index in [9.17, 15) is 18.0 Å². The van der Waals surface area contributed by atoms with Gasteiger partial charge < -0.3 is 20.1 Å². The highest BCUT2D eigenvalue weighted by molar-refractivity contribution is 7.89. The van der Waals surface area contributed by atoms with E-state index in [1.54, 1.807) is 30.3 Å². The molecule has 0 bridgehead atoms. The van der Waals surface area contributed by atoms with E-state index in [1.807, 2.05) is 0 Å². The number of benzene rings is 2. The summed E-state index contributed by atoms with van der Waals surface area (Å²) in [5.41, 5.74) is 2.19. The Balaban J connectivity index is 1.38. The summed E-state index contributed by atoms with van der Waals surface area (Å²) in [6.07, 6.45) is 0.791. The van der Waals surface area contributed by atoms with Crippen LogP contribution in [0, 0.1) is 0 Å². The number of carbonyl (C=O) groups excluding carboxylic acids is 2. The third-order valence-corrected chi connectivity index (χ3v) is 6.77. The number of hydrogen-bond donors (Lipinski definition) is 2. The van der Waals surface area contributed by atoms with E-state index in [0.717, 1.165) is 15.4 Å². The van der Waals surface area contributed by atoms with Crippen molar-refractivity contribution in [3.63, 3.8) is 0 Å². The van der Waals surface area contributed by atoms with Crippen LogP contribution in [0.5, 0.6) is 11.5 Å². The molecule has 0 fully saturated rings. The number of nitrogens with one attached hydrogen (secondary N) is 2. The number of anilines is 1. The molecule has 2 aromatic rings. The molecule has 2 aliphatic rings. The van der Waals surface area contributed by atoms with Crippen LogP contribution in [-0.2, 0) is 32.6 Å². The van der Waals surface area contributed by atoms with E-state index in [4.69, 9.17) is 9.47 Å². The minimum Gasteiger partial charge on any atom is -0.454 e. The van der Waals surface area contributed by atoms with Crippen molar-refractivity contribution in [2.45, 2.75) is 24.3 Å². The number of nitrogens with zero attached hydrogens (tertiary/aromatic N) is 1. The number of ether oxygens (including phenoxy) is 2. The molecule has 30 heavy (non-hydrogen) atoms. The van der Waals surface area contributed by atoms with Gasteiger partial charge in [-0.15, -0.1) is 0 Å². The predicted molar refractivity (Wildman–Crippen MR) is 108 cm³/mol. The SMILES string of the molecule is CN(CC(=O)NCc1ccc2c(c1)OCO2)S(=O)(=O)c1ccc2c(c1)CCC(=O)N2. The molecule has 0 aromatic heterocycles. The average molecular weight is 431 g/mol. The second-order valence-corrected chi connectivity index (χ2v) is 9.14. The van der Waals surface area contributed by atoms with Gasteiger partial charge in [0.2, 0.25) is 28.6 Å². The van der Waals surface area contributed by atoms with Crippen molar-refractivity contribution in [2.75, 3.05) is 25.7 Å². The lowest BCUT2D eigenvalue weighted by atomic mass is 10.0. The van der Waals surface area contributed by atoms with Gasteiger partial charge in [0.1, 0.15) is 0 Å². The van der Waals surface area contributed by atoms with Gasteiger partial charge in [-0.05, 0) is 47.9 Å². The molecule has 0 aliphatic carbocycles. The fourth-order valence-electron chi connectivity index (χ4n) is 3.29. The monoisotopic (exact) mass is 431 g/mol. The molecule has 0 radical (unpaired) electrons. The summed E-state index contributed by atoms with van der Waals surface area (Å²) in [5, 5.41) is 5.43. The summed E-state index contributed by atoms with van der Waals surface area (Å²) in [4.78, 5) is 23.8. The van der Waals surface area contributed by atoms with Gasteiger partial charge in [-0.2, -0.15) is 4.31 Å². The second kappa shape index (κ2) is 7.96. The first-order valence-corrected chi connectivity index (χ1v) is 10.8. The molecule has 10 heteroatoms. The Hall–Kier alpha value is -3.11. The fourth-order valence-corrected chi connectivity index (χ4v) is 4.47. The van der Waals surface area contributed by atoms with Gasteiger partial charge in [0.05, 0.1) is 11.4 Å². The Labute approximate surface area is 174 Å². The first-order chi connectivity index (χ1) is 14.3. The van der Waals surface area contributed by atoms with Gasteiger partial charge in [-0.1, -0.05) is 6.07 Å². The van der Waals surface area contributed by atoms with E-state index in [0.29, 0.717) is 30.0 Å². The molecule has 2 amide bonds. The molecular weight excluding hydrogens is 410 g/mol. The predicted octanol–water partition coefficient (Wildman–Crippen LogP) is 1.24. The molecular formula is C20H21N3O6S. The van der Waals surface area contributed by atoms with E-state index in [1.165, 1.54) is 13.1 Å². The lowest BCUT2D eigenvalue weighted by Gasteiger charge is -2.20. The van der Waals surface area contributed by atoms with Gasteiger partial charge in [-0.25, -0.2) is 8.42 Å². The summed E-state index contributed by atoms with van der Waals surface area (Å²) < 4.78 is 37.3. The zero-order valence-electron chi connectivity index (χ0n) is 16.3. The molecule has 4 rings (SSSR count). The third-order valence-electron chi connectivity index (χ3n) is 4.97. The molecule has 9 nitrogen and oxygen atoms in total. The highest BCUT2D eigenvalue weighted by atomic mass is 32.2. The second-order valence-electron chi connectivity index (χ2n) is 7.09. The standard InChI is InChI=1S/C20H21N3O6S/c1-23(11-20(25)21-10-13-2-6-17-18(8-13)29-12-28-17)30(26,27)15-4-5-16-14(9-15)3-7-19(24)22-16/h2,4-6,8-9H,3,7,10-12H2,1H3,(H,21,25)(H,22,24). The van der Waals surface area contributed by atoms with E-state index in [2.05, 4.69) is 10.6 Å². The van der Waals surface area contributed by atoms with Crippen LogP contribution in [0.2, 0.25) is 0 Å². The number of aryl methyl sites for hydroxylation is 1. The molecule has 2 heterocycles. The highest BCUT2D eigenvalue weighted by Crippen LogP contribution is 2.32. The van der Waals surface area contributed by atoms with E-state index < -0.39 is 15.9 Å². The Bertz CT molecular complexity index is 1120. The molecule has 0 saturated heterocycles. The molecule has 158 valence electrons. The number of carbonyl (C=O) groups is 2. The molecule has 2 N–H and O–H groups in total. The normalized spacial score (nSPS) is 14.9. The van der Waals surface area contributed by atoms with E-state index >= 15 is 0 Å². The Morgan fingerprint density at radius 1 is 1.13 bits per heavy atom. The Kier molecular flexibility index (Phi) is 5.35. The minimum absolute atomic E-state index is 0.0865. The summed E-state index contributed by atoms with van der Waals surface area (Å²) >= 11 is 0. The van der Waals surface area contributed by atoms with Gasteiger partial charge in [0, 0.05) is 25.7 Å². The maximum Gasteiger partial charge on any atom is 0.243 e. The van der Waals surface area contributed by atoms with Gasteiger partial charge in [0.15, 0.2) is 11.5 Å². The molecule has 2 aromatic carbocycles. The molecule has 0 unspecified atom stereocenters. The lowest BCUT2D eigenvalue weighted by Crippen LogP contribution is -2.38. The van der Waals surface area contributed by atoms with Crippen molar-refractivity contribution >= 4 is 27.5 Å². The van der Waals surface area contributed by atoms with Crippen molar-refractivity contribution < 1.29 is 27.5 Å². The highest BCUT2D eigenvalue weighted by Gasteiger charge is 2.25. The van der Waals surface area contributed by atoms with Crippen molar-refractivity contribution in [3.8, 4) is 11.5 Å². The molecule has 0 atom stereocenters. The van der Waals surface area contributed by atoms with Crippen LogP contribution in [0.25, 0.3) is 0 Å². The van der Waals surface area contributed by atoms with Gasteiger partial charge in [0.25, 0.3) is 0 Å². The maximum absolute atomic E-state index is 12.8. The fraction of sp³-hybridized carbons (Fsp3) is 0.300. The molecule has 0 spiro atoms. The number of sulfonamides is 1. The first-order valence-electron chi connectivity index (χ1n) is 9.37. The maximum atomic E-state index is 12.8. The van der Waals surface area contributed by atoms with Crippen LogP contribution >= 0.6 is 0 Å². The number of fused-ring (bicyclic) bond motifs is 2. The van der Waals surface area contributed by atoms with Crippen molar-refractivity contribution in [1.29, 1.82) is 0 Å². The average Bonchev–Trinajstić information content (AvgIpc) is 3.19. The summed E-state index contributed by atoms with van der Waals surface area (Å²) in [6.45, 7) is 0.0888. The largest absolute Gasteiger partial charge is 0.454 e. The van der Waals surface area contributed by atoms with Crippen molar-refractivity contribution in [3.05, 3.63) is 47.5 Å². The van der Waals surface area contributed by atoms with Gasteiger partial charge >= 0.3 is 0 Å². The number of amides is 2.